The molecule has 1 heterocycles. The Morgan fingerprint density at radius 3 is 1.37 bits per heavy atom. The minimum atomic E-state index is -6.27. The van der Waals surface area contributed by atoms with Crippen molar-refractivity contribution in [2.75, 3.05) is 9.80 Å². The fourth-order valence-corrected chi connectivity index (χ4v) is 10.7. The van der Waals surface area contributed by atoms with Crippen LogP contribution < -0.4 is 14.0 Å². The van der Waals surface area contributed by atoms with E-state index in [1.807, 2.05) is 199 Å². The Bertz CT molecular complexity index is 3750. The first-order chi connectivity index (χ1) is 32.6. The van der Waals surface area contributed by atoms with Crippen LogP contribution in [-0.4, -0.2) is 13.9 Å². The molecule has 0 atom stereocenters. The third-order valence-corrected chi connectivity index (χ3v) is 14.1. The highest BCUT2D eigenvalue weighted by molar-refractivity contribution is 7.88. The van der Waals surface area contributed by atoms with Crippen LogP contribution in [0.2, 0.25) is 0 Å². The second-order valence-corrected chi connectivity index (χ2v) is 18.6. The predicted molar refractivity (Wildman–Crippen MR) is 270 cm³/mol. The van der Waals surface area contributed by atoms with E-state index in [1.165, 1.54) is 0 Å². The van der Waals surface area contributed by atoms with Crippen LogP contribution in [-0.2, 0) is 10.1 Å². The van der Waals surface area contributed by atoms with Crippen molar-refractivity contribution >= 4 is 97.3 Å². The Morgan fingerprint density at radius 2 is 0.836 bits per heavy atom. The fourth-order valence-electron chi connectivity index (χ4n) is 9.05. The first-order valence-corrected chi connectivity index (χ1v) is 23.7. The zero-order valence-corrected chi connectivity index (χ0v) is 37.1. The molecule has 0 saturated heterocycles. The third-order valence-electron chi connectivity index (χ3n) is 12.0. The van der Waals surface area contributed by atoms with Crippen molar-refractivity contribution in [1.29, 1.82) is 0 Å². The molecule has 0 aliphatic heterocycles. The maximum atomic E-state index is 14.8. The van der Waals surface area contributed by atoms with Gasteiger partial charge in [0.25, 0.3) is 0 Å². The van der Waals surface area contributed by atoms with Gasteiger partial charge >= 0.3 is 15.6 Å². The Kier molecular flexibility index (Phi) is 10.5. The van der Waals surface area contributed by atoms with Crippen molar-refractivity contribution in [1.82, 2.24) is 0 Å². The molecule has 0 unspecified atom stereocenters. The molecular weight excluding hydrogens is 882 g/mol. The van der Waals surface area contributed by atoms with E-state index in [9.17, 15) is 21.6 Å². The maximum absolute atomic E-state index is 14.8. The Hall–Kier alpha value is -7.92. The summed E-state index contributed by atoms with van der Waals surface area (Å²) in [7, 11) is -6.27. The van der Waals surface area contributed by atoms with Gasteiger partial charge in [-0.15, -0.1) is 11.3 Å². The summed E-state index contributed by atoms with van der Waals surface area (Å²) < 4.78 is 79.4. The summed E-state index contributed by atoms with van der Waals surface area (Å²) in [5.74, 6) is -0.521. The fraction of sp³-hybridized carbons (Fsp3) is 0.0175. The van der Waals surface area contributed by atoms with Crippen LogP contribution in [0.3, 0.4) is 0 Å². The van der Waals surface area contributed by atoms with Crippen LogP contribution in [0.1, 0.15) is 0 Å². The van der Waals surface area contributed by atoms with Gasteiger partial charge in [0.1, 0.15) is 0 Å². The number of halogens is 3. The van der Waals surface area contributed by atoms with Crippen molar-refractivity contribution in [3.8, 4) is 28.0 Å². The predicted octanol–water partition coefficient (Wildman–Crippen LogP) is 16.9. The molecule has 5 nitrogen and oxygen atoms in total. The average molecular weight is 919 g/mol. The molecule has 0 bridgehead atoms. The van der Waals surface area contributed by atoms with E-state index >= 15 is 0 Å². The van der Waals surface area contributed by atoms with Crippen LogP contribution in [0.25, 0.3) is 64.0 Å². The van der Waals surface area contributed by atoms with E-state index in [1.54, 1.807) is 34.4 Å². The molecule has 10 heteroatoms. The van der Waals surface area contributed by atoms with Gasteiger partial charge in [-0.2, -0.15) is 21.6 Å². The van der Waals surface area contributed by atoms with Gasteiger partial charge in [0.15, 0.2) is 5.75 Å². The average Bonchev–Trinajstić information content (AvgIpc) is 3.73. The van der Waals surface area contributed by atoms with E-state index < -0.39 is 21.4 Å². The first-order valence-electron chi connectivity index (χ1n) is 21.5. The number of para-hydroxylation sites is 2. The van der Waals surface area contributed by atoms with Crippen molar-refractivity contribution in [2.45, 2.75) is 5.51 Å². The molecule has 11 rings (SSSR count). The summed E-state index contributed by atoms with van der Waals surface area (Å²) in [6, 6.07) is 71.4. The topological polar surface area (TPSA) is 49.9 Å². The SMILES string of the molecule is O=S(=O)(Oc1c(N(c2ccccc2)c2ccc(-c3ccccc3)c3ccccc23)cccc1N(c1ccc2c(c1)sc1ccccc12)c1ccc(-c2ccccc2)c2ccccc12)C(F)(F)F. The van der Waals surface area contributed by atoms with Gasteiger partial charge in [-0.3, -0.25) is 0 Å². The number of benzene rings is 10. The molecule has 0 fully saturated rings. The minimum Gasteiger partial charge on any atom is -0.371 e. The van der Waals surface area contributed by atoms with Gasteiger partial charge in [0.05, 0.1) is 22.7 Å². The van der Waals surface area contributed by atoms with Gasteiger partial charge < -0.3 is 14.0 Å². The molecule has 0 spiro atoms. The number of fused-ring (bicyclic) bond motifs is 5. The van der Waals surface area contributed by atoms with E-state index in [0.29, 0.717) is 22.7 Å². The Balaban J connectivity index is 1.23. The van der Waals surface area contributed by atoms with Crippen molar-refractivity contribution in [2.24, 2.45) is 0 Å². The highest BCUT2D eigenvalue weighted by Crippen LogP contribution is 2.53. The number of hydrogen-bond acceptors (Lipinski definition) is 6. The molecular formula is C57H37F3N2O3S2. The van der Waals surface area contributed by atoms with E-state index in [4.69, 9.17) is 4.18 Å². The molecule has 10 aromatic carbocycles. The van der Waals surface area contributed by atoms with Crippen LogP contribution in [0.15, 0.2) is 224 Å². The van der Waals surface area contributed by atoms with Gasteiger partial charge in [-0.05, 0) is 87.6 Å². The zero-order valence-electron chi connectivity index (χ0n) is 35.4. The largest absolute Gasteiger partial charge is 0.534 e. The number of rotatable bonds is 10. The summed E-state index contributed by atoms with van der Waals surface area (Å²) in [6.07, 6.45) is 0. The molecule has 0 radical (unpaired) electrons. The van der Waals surface area contributed by atoms with E-state index in [2.05, 4.69) is 12.1 Å². The number of nitrogens with zero attached hydrogens (tertiary/aromatic N) is 2. The molecule has 0 amide bonds. The molecule has 11 aromatic rings. The lowest BCUT2D eigenvalue weighted by atomic mass is 9.96. The van der Waals surface area contributed by atoms with Gasteiger partial charge in [-0.25, -0.2) is 0 Å². The quantitative estimate of drug-likeness (QED) is 0.101. The van der Waals surface area contributed by atoms with Crippen molar-refractivity contribution in [3.63, 3.8) is 0 Å². The van der Waals surface area contributed by atoms with Crippen LogP contribution in [0, 0.1) is 0 Å². The lowest BCUT2D eigenvalue weighted by molar-refractivity contribution is -0.0499. The molecule has 67 heavy (non-hydrogen) atoms. The van der Waals surface area contributed by atoms with Crippen molar-refractivity contribution < 1.29 is 25.8 Å². The summed E-state index contributed by atoms with van der Waals surface area (Å²) in [5.41, 5.74) is 0.540. The Labute approximate surface area is 388 Å². The van der Waals surface area contributed by atoms with Crippen molar-refractivity contribution in [3.05, 3.63) is 224 Å². The second-order valence-electron chi connectivity index (χ2n) is 16.0. The number of hydrogen-bond donors (Lipinski definition) is 0. The monoisotopic (exact) mass is 918 g/mol. The molecule has 0 aliphatic carbocycles. The molecule has 326 valence electrons. The minimum absolute atomic E-state index is 0.0623. The number of thiophene rings is 1. The standard InChI is InChI=1S/C57H37F3N2O3S2/c58-57(59,60)67(63,64)65-56-52(61(40-21-8-3-9-22-40)50-35-33-42(38-17-4-1-5-18-38)44-23-10-12-25-46(44)50)28-16-29-53(56)62(41-31-32-49-48-27-14-15-30-54(48)66-55(49)37-41)51-36-34-43(39-19-6-2-7-20-39)45-24-11-13-26-47(45)51/h1-37H. The summed E-state index contributed by atoms with van der Waals surface area (Å²) in [6.45, 7) is 0. The molecule has 0 aliphatic rings. The highest BCUT2D eigenvalue weighted by atomic mass is 32.2. The van der Waals surface area contributed by atoms with E-state index in [-0.39, 0.29) is 11.4 Å². The van der Waals surface area contributed by atoms with E-state index in [0.717, 1.165) is 64.0 Å². The summed E-state index contributed by atoms with van der Waals surface area (Å²) >= 11 is 1.60. The normalized spacial score (nSPS) is 11.9. The lowest BCUT2D eigenvalue weighted by Gasteiger charge is -2.33. The summed E-state index contributed by atoms with van der Waals surface area (Å²) in [4.78, 5) is 3.58. The number of anilines is 6. The molecule has 0 saturated carbocycles. The third kappa shape index (κ3) is 7.50. The summed E-state index contributed by atoms with van der Waals surface area (Å²) in [5, 5.41) is 5.41. The first kappa shape index (κ1) is 41.8. The van der Waals surface area contributed by atoms with Gasteiger partial charge in [0, 0.05) is 42.3 Å². The highest BCUT2D eigenvalue weighted by Gasteiger charge is 2.49. The maximum Gasteiger partial charge on any atom is 0.534 e. The van der Waals surface area contributed by atoms with Gasteiger partial charge in [-0.1, -0.05) is 170 Å². The smallest absolute Gasteiger partial charge is 0.371 e. The molecule has 0 N–H and O–H groups in total. The van der Waals surface area contributed by atoms with Crippen LogP contribution in [0.4, 0.5) is 47.3 Å². The second kappa shape index (κ2) is 16.8. The lowest BCUT2D eigenvalue weighted by Crippen LogP contribution is -2.29. The Morgan fingerprint density at radius 1 is 0.388 bits per heavy atom. The zero-order chi connectivity index (χ0) is 45.7. The molecule has 1 aromatic heterocycles. The van der Waals surface area contributed by atoms with Crippen LogP contribution >= 0.6 is 11.3 Å². The van der Waals surface area contributed by atoms with Gasteiger partial charge in [0.2, 0.25) is 0 Å². The van der Waals surface area contributed by atoms with Crippen LogP contribution in [0.5, 0.6) is 5.75 Å². The number of alkyl halides is 3.